The van der Waals surface area contributed by atoms with Crippen molar-refractivity contribution in [2.75, 3.05) is 12.3 Å². The van der Waals surface area contributed by atoms with Crippen molar-refractivity contribution in [2.45, 2.75) is 32.2 Å². The average Bonchev–Trinajstić information content (AvgIpc) is 3.16. The third kappa shape index (κ3) is 3.24. The quantitative estimate of drug-likeness (QED) is 0.790. The summed E-state index contributed by atoms with van der Waals surface area (Å²) in [6, 6.07) is 5.50. The van der Waals surface area contributed by atoms with Gasteiger partial charge in [0.1, 0.15) is 0 Å². The summed E-state index contributed by atoms with van der Waals surface area (Å²) < 4.78 is 0. The van der Waals surface area contributed by atoms with E-state index in [1.165, 1.54) is 0 Å². The molecule has 1 aliphatic rings. The predicted octanol–water partition coefficient (Wildman–Crippen LogP) is 1.66. The lowest BCUT2D eigenvalue weighted by atomic mass is 10.1. The van der Waals surface area contributed by atoms with Crippen LogP contribution in [0.2, 0.25) is 0 Å². The molecule has 102 valence electrons. The molecule has 0 atom stereocenters. The SMILES string of the molecule is Cc1ccc(N)c(C(=O)N(CCC(=O)O)C2CC2)c1. The second kappa shape index (κ2) is 5.30. The van der Waals surface area contributed by atoms with Gasteiger partial charge < -0.3 is 15.7 Å². The van der Waals surface area contributed by atoms with Crippen LogP contribution in [-0.2, 0) is 4.79 Å². The topological polar surface area (TPSA) is 83.6 Å². The number of carbonyl (C=O) groups excluding carboxylic acids is 1. The number of amides is 1. The standard InChI is InChI=1S/C14H18N2O3/c1-9-2-5-12(15)11(8-9)14(19)16(10-3-4-10)7-6-13(17)18/h2,5,8,10H,3-4,6-7,15H2,1H3,(H,17,18). The molecular formula is C14H18N2O3. The van der Waals surface area contributed by atoms with E-state index in [-0.39, 0.29) is 24.9 Å². The Morgan fingerprint density at radius 3 is 2.68 bits per heavy atom. The summed E-state index contributed by atoms with van der Waals surface area (Å²) in [5.74, 6) is -1.05. The monoisotopic (exact) mass is 262 g/mol. The maximum absolute atomic E-state index is 12.5. The predicted molar refractivity (Wildman–Crippen MR) is 71.9 cm³/mol. The maximum atomic E-state index is 12.5. The Morgan fingerprint density at radius 1 is 1.42 bits per heavy atom. The van der Waals surface area contributed by atoms with Crippen molar-refractivity contribution in [1.82, 2.24) is 4.90 Å². The summed E-state index contributed by atoms with van der Waals surface area (Å²) in [6.45, 7) is 2.14. The molecule has 0 aromatic heterocycles. The van der Waals surface area contributed by atoms with Gasteiger partial charge in [0.15, 0.2) is 0 Å². The first-order valence-corrected chi connectivity index (χ1v) is 6.38. The minimum Gasteiger partial charge on any atom is -0.481 e. The molecule has 1 amide bonds. The fraction of sp³-hybridized carbons (Fsp3) is 0.429. The number of nitrogens with two attached hydrogens (primary N) is 1. The second-order valence-corrected chi connectivity index (χ2v) is 4.96. The number of aryl methyl sites for hydroxylation is 1. The summed E-state index contributed by atoms with van der Waals surface area (Å²) in [4.78, 5) is 24.8. The zero-order chi connectivity index (χ0) is 14.0. The first kappa shape index (κ1) is 13.4. The summed E-state index contributed by atoms with van der Waals surface area (Å²) in [5.41, 5.74) is 7.72. The van der Waals surface area contributed by atoms with Crippen LogP contribution >= 0.6 is 0 Å². The lowest BCUT2D eigenvalue weighted by Crippen LogP contribution is -2.35. The van der Waals surface area contributed by atoms with Gasteiger partial charge in [0.05, 0.1) is 12.0 Å². The normalized spacial score (nSPS) is 14.2. The van der Waals surface area contributed by atoms with Crippen molar-refractivity contribution >= 4 is 17.6 Å². The van der Waals surface area contributed by atoms with Crippen LogP contribution in [0.15, 0.2) is 18.2 Å². The van der Waals surface area contributed by atoms with Gasteiger partial charge in [-0.15, -0.1) is 0 Å². The molecule has 0 heterocycles. The molecule has 5 heteroatoms. The van der Waals surface area contributed by atoms with Crippen LogP contribution in [0.3, 0.4) is 0 Å². The van der Waals surface area contributed by atoms with Crippen LogP contribution in [-0.4, -0.2) is 34.5 Å². The molecule has 1 aromatic carbocycles. The Balaban J connectivity index is 2.18. The van der Waals surface area contributed by atoms with E-state index in [4.69, 9.17) is 10.8 Å². The third-order valence-corrected chi connectivity index (χ3v) is 3.25. The average molecular weight is 262 g/mol. The van der Waals surface area contributed by atoms with E-state index in [0.29, 0.717) is 11.3 Å². The molecule has 1 fully saturated rings. The van der Waals surface area contributed by atoms with Crippen molar-refractivity contribution in [3.05, 3.63) is 29.3 Å². The molecular weight excluding hydrogens is 244 g/mol. The van der Waals surface area contributed by atoms with Crippen LogP contribution in [0.25, 0.3) is 0 Å². The van der Waals surface area contributed by atoms with Crippen molar-refractivity contribution in [2.24, 2.45) is 0 Å². The summed E-state index contributed by atoms with van der Waals surface area (Å²) >= 11 is 0. The lowest BCUT2D eigenvalue weighted by Gasteiger charge is -2.22. The van der Waals surface area contributed by atoms with E-state index in [9.17, 15) is 9.59 Å². The number of carbonyl (C=O) groups is 2. The summed E-state index contributed by atoms with van der Waals surface area (Å²) in [7, 11) is 0. The first-order chi connectivity index (χ1) is 8.99. The van der Waals surface area contributed by atoms with Gasteiger partial charge in [0.2, 0.25) is 0 Å². The molecule has 0 saturated heterocycles. The molecule has 5 nitrogen and oxygen atoms in total. The molecule has 1 aliphatic carbocycles. The number of carboxylic acids is 1. The van der Waals surface area contributed by atoms with Gasteiger partial charge in [-0.25, -0.2) is 0 Å². The van der Waals surface area contributed by atoms with Gasteiger partial charge in [-0.1, -0.05) is 11.6 Å². The van der Waals surface area contributed by atoms with Gasteiger partial charge in [0, 0.05) is 18.3 Å². The number of anilines is 1. The summed E-state index contributed by atoms with van der Waals surface area (Å²) in [5, 5.41) is 8.75. The fourth-order valence-corrected chi connectivity index (χ4v) is 2.06. The van der Waals surface area contributed by atoms with E-state index in [0.717, 1.165) is 18.4 Å². The van der Waals surface area contributed by atoms with Gasteiger partial charge in [-0.2, -0.15) is 0 Å². The van der Waals surface area contributed by atoms with Gasteiger partial charge in [-0.05, 0) is 31.9 Å². The molecule has 0 unspecified atom stereocenters. The van der Waals surface area contributed by atoms with Crippen LogP contribution in [0.1, 0.15) is 35.2 Å². The number of nitrogens with zero attached hydrogens (tertiary/aromatic N) is 1. The summed E-state index contributed by atoms with van der Waals surface area (Å²) in [6.07, 6.45) is 1.85. The van der Waals surface area contributed by atoms with Crippen molar-refractivity contribution in [1.29, 1.82) is 0 Å². The zero-order valence-electron chi connectivity index (χ0n) is 10.9. The molecule has 2 rings (SSSR count). The highest BCUT2D eigenvalue weighted by Crippen LogP contribution is 2.29. The highest BCUT2D eigenvalue weighted by molar-refractivity contribution is 5.99. The van der Waals surface area contributed by atoms with Crippen molar-refractivity contribution in [3.8, 4) is 0 Å². The zero-order valence-corrected chi connectivity index (χ0v) is 10.9. The van der Waals surface area contributed by atoms with Gasteiger partial charge in [-0.3, -0.25) is 9.59 Å². The largest absolute Gasteiger partial charge is 0.481 e. The van der Waals surface area contributed by atoms with Gasteiger partial charge in [0.25, 0.3) is 5.91 Å². The lowest BCUT2D eigenvalue weighted by molar-refractivity contribution is -0.137. The van der Waals surface area contributed by atoms with E-state index < -0.39 is 5.97 Å². The number of carboxylic acid groups (broad SMARTS) is 1. The van der Waals surface area contributed by atoms with Crippen LogP contribution in [0.4, 0.5) is 5.69 Å². The molecule has 3 N–H and O–H groups in total. The van der Waals surface area contributed by atoms with E-state index >= 15 is 0 Å². The highest BCUT2D eigenvalue weighted by atomic mass is 16.4. The Hall–Kier alpha value is -2.04. The van der Waals surface area contributed by atoms with E-state index in [1.807, 2.05) is 13.0 Å². The minimum atomic E-state index is -0.893. The van der Waals surface area contributed by atoms with Crippen LogP contribution in [0, 0.1) is 6.92 Å². The maximum Gasteiger partial charge on any atom is 0.305 e. The number of nitrogen functional groups attached to an aromatic ring is 1. The molecule has 1 saturated carbocycles. The second-order valence-electron chi connectivity index (χ2n) is 4.96. The molecule has 0 bridgehead atoms. The Labute approximate surface area is 112 Å². The number of hydrogen-bond donors (Lipinski definition) is 2. The number of benzene rings is 1. The van der Waals surface area contributed by atoms with Crippen molar-refractivity contribution < 1.29 is 14.7 Å². The first-order valence-electron chi connectivity index (χ1n) is 6.38. The van der Waals surface area contributed by atoms with E-state index in [2.05, 4.69) is 0 Å². The Morgan fingerprint density at radius 2 is 2.11 bits per heavy atom. The van der Waals surface area contributed by atoms with E-state index in [1.54, 1.807) is 17.0 Å². The smallest absolute Gasteiger partial charge is 0.305 e. The molecule has 0 radical (unpaired) electrons. The Bertz CT molecular complexity index is 509. The molecule has 0 spiro atoms. The van der Waals surface area contributed by atoms with Crippen LogP contribution in [0.5, 0.6) is 0 Å². The van der Waals surface area contributed by atoms with Gasteiger partial charge >= 0.3 is 5.97 Å². The third-order valence-electron chi connectivity index (χ3n) is 3.25. The fourth-order valence-electron chi connectivity index (χ4n) is 2.06. The number of rotatable bonds is 5. The highest BCUT2D eigenvalue weighted by Gasteiger charge is 2.33. The van der Waals surface area contributed by atoms with Crippen LogP contribution < -0.4 is 5.73 Å². The molecule has 0 aliphatic heterocycles. The molecule has 19 heavy (non-hydrogen) atoms. The number of aliphatic carboxylic acids is 1. The Kier molecular flexibility index (Phi) is 3.74. The van der Waals surface area contributed by atoms with Crippen molar-refractivity contribution in [3.63, 3.8) is 0 Å². The minimum absolute atomic E-state index is 0.0338. The number of hydrogen-bond acceptors (Lipinski definition) is 3. The molecule has 1 aromatic rings.